The number of anilines is 1. The summed E-state index contributed by atoms with van der Waals surface area (Å²) >= 11 is 6.55. The third-order valence-corrected chi connectivity index (χ3v) is 5.32. The Labute approximate surface area is 168 Å². The molecule has 0 unspecified atom stereocenters. The van der Waals surface area contributed by atoms with Gasteiger partial charge in [-0.15, -0.1) is 11.3 Å². The van der Waals surface area contributed by atoms with E-state index in [0.717, 1.165) is 11.3 Å². The summed E-state index contributed by atoms with van der Waals surface area (Å²) < 4.78 is 1.81. The number of aromatic nitrogens is 4. The zero-order valence-electron chi connectivity index (χ0n) is 14.8. The molecule has 3 heterocycles. The number of H-pyrrole nitrogens is 1. The predicted molar refractivity (Wildman–Crippen MR) is 112 cm³/mol. The monoisotopic (exact) mass is 409 g/mol. The molecule has 0 aliphatic carbocycles. The van der Waals surface area contributed by atoms with Crippen LogP contribution in [-0.4, -0.2) is 25.4 Å². The summed E-state index contributed by atoms with van der Waals surface area (Å²) in [5.74, 6) is -0.312. The predicted octanol–water partition coefficient (Wildman–Crippen LogP) is 3.85. The molecule has 4 rings (SSSR count). The van der Waals surface area contributed by atoms with Gasteiger partial charge in [-0.05, 0) is 49.5 Å². The maximum absolute atomic E-state index is 12.6. The van der Waals surface area contributed by atoms with Crippen molar-refractivity contribution in [2.75, 3.05) is 5.32 Å². The van der Waals surface area contributed by atoms with Gasteiger partial charge in [0.15, 0.2) is 9.90 Å². The average Bonchev–Trinajstić information content (AvgIpc) is 3.17. The number of hydrogen-bond acceptors (Lipinski definition) is 6. The lowest BCUT2D eigenvalue weighted by Crippen LogP contribution is -2.21. The first-order valence-electron chi connectivity index (χ1n) is 8.51. The van der Waals surface area contributed by atoms with Crippen molar-refractivity contribution in [3.63, 3.8) is 0 Å². The van der Waals surface area contributed by atoms with Gasteiger partial charge in [-0.3, -0.25) is 24.5 Å². The van der Waals surface area contributed by atoms with Gasteiger partial charge in [0.05, 0.1) is 16.6 Å². The molecule has 7 nitrogen and oxygen atoms in total. The molecule has 0 aliphatic rings. The van der Waals surface area contributed by atoms with Crippen LogP contribution in [0.5, 0.6) is 0 Å². The van der Waals surface area contributed by atoms with Gasteiger partial charge >= 0.3 is 0 Å². The first-order chi connectivity index (χ1) is 13.6. The van der Waals surface area contributed by atoms with Gasteiger partial charge in [-0.2, -0.15) is 0 Å². The number of rotatable bonds is 4. The number of aromatic amines is 1. The second-order valence-corrected chi connectivity index (χ2v) is 7.22. The summed E-state index contributed by atoms with van der Waals surface area (Å²) in [7, 11) is 0. The van der Waals surface area contributed by atoms with E-state index in [-0.39, 0.29) is 11.5 Å². The highest BCUT2D eigenvalue weighted by atomic mass is 32.1. The second-order valence-electron chi connectivity index (χ2n) is 5.97. The van der Waals surface area contributed by atoms with E-state index in [1.807, 2.05) is 24.4 Å². The third kappa shape index (κ3) is 3.37. The van der Waals surface area contributed by atoms with E-state index in [2.05, 4.69) is 20.3 Å². The Bertz CT molecular complexity index is 1290. The van der Waals surface area contributed by atoms with Gasteiger partial charge in [0.25, 0.3) is 11.5 Å². The SMILES string of the molecule is CCn1c(=S)[nH]c2cc(C(=O)Nc3nc(-c4cccnc4)cs3)ccc2c1=O. The van der Waals surface area contributed by atoms with Gasteiger partial charge in [0.1, 0.15) is 0 Å². The molecule has 0 spiro atoms. The normalized spacial score (nSPS) is 10.9. The quantitative estimate of drug-likeness (QED) is 0.500. The third-order valence-electron chi connectivity index (χ3n) is 4.24. The fourth-order valence-electron chi connectivity index (χ4n) is 2.83. The van der Waals surface area contributed by atoms with E-state index >= 15 is 0 Å². The van der Waals surface area contributed by atoms with Crippen molar-refractivity contribution < 1.29 is 4.79 Å². The molecule has 0 saturated heterocycles. The summed E-state index contributed by atoms with van der Waals surface area (Å²) in [4.78, 5) is 36.6. The maximum atomic E-state index is 12.6. The number of amides is 1. The van der Waals surface area contributed by atoms with Gasteiger partial charge in [0.2, 0.25) is 0 Å². The van der Waals surface area contributed by atoms with Crippen LogP contribution >= 0.6 is 23.6 Å². The van der Waals surface area contributed by atoms with Crippen molar-refractivity contribution >= 4 is 45.5 Å². The van der Waals surface area contributed by atoms with Gasteiger partial charge < -0.3 is 4.98 Å². The summed E-state index contributed by atoms with van der Waals surface area (Å²) in [6.07, 6.45) is 3.41. The lowest BCUT2D eigenvalue weighted by molar-refractivity contribution is 0.102. The molecule has 1 aromatic carbocycles. The standard InChI is InChI=1S/C19H15N5O2S2/c1-2-24-17(26)13-6-5-11(8-14(13)22-19(24)27)16(25)23-18-21-15(10-28-18)12-4-3-7-20-9-12/h3-10H,2H2,1H3,(H,22,27)(H,21,23,25). The molecule has 2 N–H and O–H groups in total. The topological polar surface area (TPSA) is 92.7 Å². The van der Waals surface area contributed by atoms with Crippen LogP contribution in [0.1, 0.15) is 17.3 Å². The van der Waals surface area contributed by atoms with Crippen LogP contribution in [0.3, 0.4) is 0 Å². The first-order valence-corrected chi connectivity index (χ1v) is 9.79. The minimum atomic E-state index is -0.312. The molecular formula is C19H15N5O2S2. The van der Waals surface area contributed by atoms with Crippen molar-refractivity contribution in [2.45, 2.75) is 13.5 Å². The Kier molecular flexibility index (Phi) is 4.84. The van der Waals surface area contributed by atoms with Crippen LogP contribution in [0.15, 0.2) is 52.9 Å². The lowest BCUT2D eigenvalue weighted by atomic mass is 10.1. The molecule has 28 heavy (non-hydrogen) atoms. The molecule has 0 bridgehead atoms. The highest BCUT2D eigenvalue weighted by Gasteiger charge is 2.12. The lowest BCUT2D eigenvalue weighted by Gasteiger charge is -2.07. The molecule has 0 atom stereocenters. The fourth-order valence-corrected chi connectivity index (χ4v) is 3.87. The van der Waals surface area contributed by atoms with Crippen LogP contribution < -0.4 is 10.9 Å². The molecule has 0 saturated carbocycles. The van der Waals surface area contributed by atoms with E-state index in [9.17, 15) is 9.59 Å². The minimum absolute atomic E-state index is 0.172. The smallest absolute Gasteiger partial charge is 0.262 e. The highest BCUT2D eigenvalue weighted by Crippen LogP contribution is 2.24. The summed E-state index contributed by atoms with van der Waals surface area (Å²) in [6.45, 7) is 2.34. The number of carbonyl (C=O) groups excluding carboxylic acids is 1. The molecule has 140 valence electrons. The minimum Gasteiger partial charge on any atom is -0.332 e. The van der Waals surface area contributed by atoms with Gasteiger partial charge in [0, 0.05) is 35.4 Å². The second kappa shape index (κ2) is 7.45. The van der Waals surface area contributed by atoms with Crippen LogP contribution in [0, 0.1) is 4.77 Å². The van der Waals surface area contributed by atoms with Crippen LogP contribution in [-0.2, 0) is 6.54 Å². The highest BCUT2D eigenvalue weighted by molar-refractivity contribution is 7.71. The Morgan fingerprint density at radius 3 is 2.96 bits per heavy atom. The van der Waals surface area contributed by atoms with Crippen molar-refractivity contribution in [2.24, 2.45) is 0 Å². The van der Waals surface area contributed by atoms with Crippen molar-refractivity contribution in [3.05, 3.63) is 68.8 Å². The van der Waals surface area contributed by atoms with Crippen LogP contribution in [0.2, 0.25) is 0 Å². The van der Waals surface area contributed by atoms with E-state index < -0.39 is 0 Å². The zero-order chi connectivity index (χ0) is 19.7. The van der Waals surface area contributed by atoms with E-state index in [0.29, 0.717) is 32.9 Å². The molecule has 0 fully saturated rings. The largest absolute Gasteiger partial charge is 0.332 e. The van der Waals surface area contributed by atoms with E-state index in [1.165, 1.54) is 15.9 Å². The molecule has 0 aliphatic heterocycles. The summed E-state index contributed by atoms with van der Waals surface area (Å²) in [5.41, 5.74) is 2.39. The molecule has 1 amide bonds. The van der Waals surface area contributed by atoms with E-state index in [1.54, 1.807) is 30.6 Å². The molecule has 3 aromatic heterocycles. The van der Waals surface area contributed by atoms with Crippen molar-refractivity contribution in [3.8, 4) is 11.3 Å². The number of thiazole rings is 1. The maximum Gasteiger partial charge on any atom is 0.262 e. The molecule has 0 radical (unpaired) electrons. The molecule has 9 heteroatoms. The summed E-state index contributed by atoms with van der Waals surface area (Å²) in [5, 5.41) is 5.62. The number of pyridine rings is 1. The Morgan fingerprint density at radius 2 is 2.21 bits per heavy atom. The van der Waals surface area contributed by atoms with Crippen molar-refractivity contribution in [1.82, 2.24) is 19.5 Å². The number of carbonyl (C=O) groups is 1. The molecular weight excluding hydrogens is 394 g/mol. The first kappa shape index (κ1) is 18.2. The van der Waals surface area contributed by atoms with Gasteiger partial charge in [-0.1, -0.05) is 0 Å². The number of nitrogens with one attached hydrogen (secondary N) is 2. The Morgan fingerprint density at radius 1 is 1.36 bits per heavy atom. The van der Waals surface area contributed by atoms with Crippen LogP contribution in [0.4, 0.5) is 5.13 Å². The number of hydrogen-bond donors (Lipinski definition) is 2. The number of nitrogens with zero attached hydrogens (tertiary/aromatic N) is 3. The number of benzene rings is 1. The van der Waals surface area contributed by atoms with E-state index in [4.69, 9.17) is 12.2 Å². The molecule has 4 aromatic rings. The fraction of sp³-hybridized carbons (Fsp3) is 0.105. The number of fused-ring (bicyclic) bond motifs is 1. The zero-order valence-corrected chi connectivity index (χ0v) is 16.4. The van der Waals surface area contributed by atoms with Gasteiger partial charge in [-0.25, -0.2) is 4.98 Å². The van der Waals surface area contributed by atoms with Crippen LogP contribution in [0.25, 0.3) is 22.2 Å². The average molecular weight is 409 g/mol. The van der Waals surface area contributed by atoms with Crippen molar-refractivity contribution in [1.29, 1.82) is 0 Å². The summed E-state index contributed by atoms with van der Waals surface area (Å²) in [6, 6.07) is 8.61. The Balaban J connectivity index is 1.62. The Hall–Kier alpha value is -3.17.